The predicted molar refractivity (Wildman–Crippen MR) is 67.3 cm³/mol. The van der Waals surface area contributed by atoms with Gasteiger partial charge in [0.25, 0.3) is 0 Å². The number of nitrogens with zero attached hydrogens (tertiary/aromatic N) is 1. The highest BCUT2D eigenvalue weighted by Gasteiger charge is 2.29. The van der Waals surface area contributed by atoms with Crippen molar-refractivity contribution in [2.75, 3.05) is 11.1 Å². The van der Waals surface area contributed by atoms with E-state index in [4.69, 9.17) is 5.73 Å². The lowest BCUT2D eigenvalue weighted by molar-refractivity contribution is -0.137. The van der Waals surface area contributed by atoms with Crippen molar-refractivity contribution in [3.8, 4) is 0 Å². The lowest BCUT2D eigenvalue weighted by Crippen LogP contribution is -2.08. The zero-order chi connectivity index (χ0) is 15.6. The maximum atomic E-state index is 13.4. The van der Waals surface area contributed by atoms with Gasteiger partial charge in [0.05, 0.1) is 5.56 Å². The molecule has 0 amide bonds. The molecule has 0 atom stereocenters. The van der Waals surface area contributed by atoms with Gasteiger partial charge in [0.2, 0.25) is 0 Å². The minimum absolute atomic E-state index is 0.0210. The van der Waals surface area contributed by atoms with Crippen LogP contribution in [0.3, 0.4) is 0 Å². The Morgan fingerprint density at radius 2 is 1.67 bits per heavy atom. The van der Waals surface area contributed by atoms with E-state index in [9.17, 15) is 22.0 Å². The van der Waals surface area contributed by atoms with Crippen molar-refractivity contribution in [1.82, 2.24) is 4.98 Å². The Kier molecular flexibility index (Phi) is 3.97. The van der Waals surface area contributed by atoms with E-state index >= 15 is 0 Å². The Labute approximate surface area is 116 Å². The molecule has 112 valence electrons. The SMILES string of the molecule is Nc1nc(NCc2ccc(C(F)(F)F)cc2)c(F)cc1F. The molecule has 1 aromatic carbocycles. The van der Waals surface area contributed by atoms with Gasteiger partial charge in [-0.2, -0.15) is 13.2 Å². The van der Waals surface area contributed by atoms with Crippen LogP contribution in [0.15, 0.2) is 30.3 Å². The predicted octanol–water partition coefficient (Wildman–Crippen LogP) is 3.57. The number of benzene rings is 1. The molecule has 0 spiro atoms. The molecule has 0 aliphatic carbocycles. The zero-order valence-corrected chi connectivity index (χ0v) is 10.5. The highest BCUT2D eigenvalue weighted by Crippen LogP contribution is 2.29. The first-order chi connectivity index (χ1) is 9.77. The van der Waals surface area contributed by atoms with Gasteiger partial charge < -0.3 is 11.1 Å². The van der Waals surface area contributed by atoms with E-state index < -0.39 is 29.2 Å². The number of aromatic nitrogens is 1. The molecule has 0 aliphatic rings. The number of rotatable bonds is 3. The normalized spacial score (nSPS) is 11.5. The zero-order valence-electron chi connectivity index (χ0n) is 10.5. The van der Waals surface area contributed by atoms with Crippen molar-refractivity contribution in [3.63, 3.8) is 0 Å². The summed E-state index contributed by atoms with van der Waals surface area (Å²) >= 11 is 0. The number of anilines is 2. The minimum atomic E-state index is -4.41. The summed E-state index contributed by atoms with van der Waals surface area (Å²) in [6.45, 7) is 0.0210. The van der Waals surface area contributed by atoms with E-state index in [1.54, 1.807) is 0 Å². The Bertz CT molecular complexity index is 637. The van der Waals surface area contributed by atoms with Gasteiger partial charge in [-0.15, -0.1) is 0 Å². The summed E-state index contributed by atoms with van der Waals surface area (Å²) in [5.74, 6) is -2.65. The summed E-state index contributed by atoms with van der Waals surface area (Å²) in [6.07, 6.45) is -4.41. The standard InChI is InChI=1S/C13H10F5N3/c14-9-5-10(15)12(21-11(9)19)20-6-7-1-3-8(4-2-7)13(16,17)18/h1-5H,6H2,(H3,19,20,21). The van der Waals surface area contributed by atoms with Crippen molar-refractivity contribution in [3.05, 3.63) is 53.1 Å². The molecular formula is C13H10F5N3. The second-order valence-electron chi connectivity index (χ2n) is 4.23. The fourth-order valence-corrected chi connectivity index (χ4v) is 1.60. The van der Waals surface area contributed by atoms with Crippen LogP contribution in [-0.4, -0.2) is 4.98 Å². The van der Waals surface area contributed by atoms with Crippen molar-refractivity contribution in [2.24, 2.45) is 0 Å². The number of nitrogens with two attached hydrogens (primary N) is 1. The van der Waals surface area contributed by atoms with Gasteiger partial charge in [0.15, 0.2) is 23.3 Å². The summed E-state index contributed by atoms with van der Waals surface area (Å²) in [5.41, 5.74) is 4.91. The van der Waals surface area contributed by atoms with Crippen molar-refractivity contribution in [2.45, 2.75) is 12.7 Å². The van der Waals surface area contributed by atoms with Crippen molar-refractivity contribution >= 4 is 11.6 Å². The molecule has 3 nitrogen and oxygen atoms in total. The van der Waals surface area contributed by atoms with E-state index in [0.717, 1.165) is 12.1 Å². The van der Waals surface area contributed by atoms with Crippen LogP contribution in [0.4, 0.5) is 33.6 Å². The smallest absolute Gasteiger partial charge is 0.381 e. The molecule has 0 radical (unpaired) electrons. The lowest BCUT2D eigenvalue weighted by atomic mass is 10.1. The Hall–Kier alpha value is -2.38. The van der Waals surface area contributed by atoms with Gasteiger partial charge in [-0.05, 0) is 17.7 Å². The van der Waals surface area contributed by atoms with Crippen molar-refractivity contribution < 1.29 is 22.0 Å². The van der Waals surface area contributed by atoms with E-state index in [1.807, 2.05) is 0 Å². The molecule has 0 aliphatic heterocycles. The first-order valence-electron chi connectivity index (χ1n) is 5.79. The first kappa shape index (κ1) is 15.0. The maximum Gasteiger partial charge on any atom is 0.416 e. The Morgan fingerprint density at radius 1 is 1.05 bits per heavy atom. The van der Waals surface area contributed by atoms with Gasteiger partial charge in [0, 0.05) is 12.6 Å². The first-order valence-corrected chi connectivity index (χ1v) is 5.79. The van der Waals surface area contributed by atoms with Crippen LogP contribution >= 0.6 is 0 Å². The number of pyridine rings is 1. The lowest BCUT2D eigenvalue weighted by Gasteiger charge is -2.10. The van der Waals surface area contributed by atoms with Crippen LogP contribution in [0.5, 0.6) is 0 Å². The molecule has 0 saturated heterocycles. The quantitative estimate of drug-likeness (QED) is 0.852. The summed E-state index contributed by atoms with van der Waals surface area (Å²) in [5, 5.41) is 2.54. The summed E-state index contributed by atoms with van der Waals surface area (Å²) in [7, 11) is 0. The summed E-state index contributed by atoms with van der Waals surface area (Å²) < 4.78 is 63.4. The molecule has 8 heteroatoms. The molecule has 0 fully saturated rings. The van der Waals surface area contributed by atoms with Gasteiger partial charge in [0.1, 0.15) is 0 Å². The molecule has 0 saturated carbocycles. The number of hydrogen-bond donors (Lipinski definition) is 2. The van der Waals surface area contributed by atoms with E-state index in [1.165, 1.54) is 12.1 Å². The number of nitrogen functional groups attached to an aromatic ring is 1. The minimum Gasteiger partial charge on any atom is -0.381 e. The van der Waals surface area contributed by atoms with E-state index in [-0.39, 0.29) is 12.4 Å². The Balaban J connectivity index is 2.08. The highest BCUT2D eigenvalue weighted by molar-refractivity contribution is 5.45. The van der Waals surface area contributed by atoms with Crippen molar-refractivity contribution in [1.29, 1.82) is 0 Å². The molecule has 0 bridgehead atoms. The van der Waals surface area contributed by atoms with Gasteiger partial charge in [-0.25, -0.2) is 13.8 Å². The van der Waals surface area contributed by atoms with Crippen LogP contribution in [0.2, 0.25) is 0 Å². The molecule has 1 heterocycles. The topological polar surface area (TPSA) is 50.9 Å². The van der Waals surface area contributed by atoms with Crippen LogP contribution < -0.4 is 11.1 Å². The number of hydrogen-bond acceptors (Lipinski definition) is 3. The van der Waals surface area contributed by atoms with Crippen LogP contribution in [0.1, 0.15) is 11.1 Å². The molecule has 2 aromatic rings. The molecule has 3 N–H and O–H groups in total. The summed E-state index contributed by atoms with van der Waals surface area (Å²) in [6, 6.07) is 4.91. The molecular weight excluding hydrogens is 293 g/mol. The average molecular weight is 303 g/mol. The van der Waals surface area contributed by atoms with Gasteiger partial charge >= 0.3 is 6.18 Å². The van der Waals surface area contributed by atoms with Crippen LogP contribution in [-0.2, 0) is 12.7 Å². The summed E-state index contributed by atoms with van der Waals surface area (Å²) in [4.78, 5) is 3.48. The molecule has 2 rings (SSSR count). The third kappa shape index (κ3) is 3.59. The fraction of sp³-hybridized carbons (Fsp3) is 0.154. The molecule has 0 unspecified atom stereocenters. The number of alkyl halides is 3. The van der Waals surface area contributed by atoms with Gasteiger partial charge in [-0.3, -0.25) is 0 Å². The fourth-order valence-electron chi connectivity index (χ4n) is 1.60. The van der Waals surface area contributed by atoms with Crippen LogP contribution in [0, 0.1) is 11.6 Å². The van der Waals surface area contributed by atoms with E-state index in [0.29, 0.717) is 11.6 Å². The third-order valence-electron chi connectivity index (χ3n) is 2.70. The Morgan fingerprint density at radius 3 is 2.24 bits per heavy atom. The highest BCUT2D eigenvalue weighted by atomic mass is 19.4. The largest absolute Gasteiger partial charge is 0.416 e. The maximum absolute atomic E-state index is 13.4. The van der Waals surface area contributed by atoms with E-state index in [2.05, 4.69) is 10.3 Å². The molecule has 1 aromatic heterocycles. The van der Waals surface area contributed by atoms with Gasteiger partial charge in [-0.1, -0.05) is 12.1 Å². The third-order valence-corrected chi connectivity index (χ3v) is 2.70. The number of nitrogens with one attached hydrogen (secondary N) is 1. The second-order valence-corrected chi connectivity index (χ2v) is 4.23. The monoisotopic (exact) mass is 303 g/mol. The second kappa shape index (κ2) is 5.55. The average Bonchev–Trinajstić information content (AvgIpc) is 2.41. The van der Waals surface area contributed by atoms with Crippen LogP contribution in [0.25, 0.3) is 0 Å². The molecule has 21 heavy (non-hydrogen) atoms. The number of halogens is 5.